The summed E-state index contributed by atoms with van der Waals surface area (Å²) in [5, 5.41) is 10.3. The van der Waals surface area contributed by atoms with Crippen LogP contribution in [0.4, 0.5) is 11.4 Å². The molecule has 2 atom stereocenters. The van der Waals surface area contributed by atoms with Gasteiger partial charge in [0.15, 0.2) is 0 Å². The molecule has 0 spiro atoms. The van der Waals surface area contributed by atoms with Crippen LogP contribution in [0, 0.1) is 17.2 Å². The molecule has 1 aliphatic heterocycles. The van der Waals surface area contributed by atoms with Crippen molar-refractivity contribution in [2.45, 2.75) is 64.5 Å². The lowest BCUT2D eigenvalue weighted by Gasteiger charge is -2.41. The SMILES string of the molecule is CCc1cc(C2C(C#N)c3ccc(Oc4ncccn4)cc3N2C2CCC2)ccc1NS(=O)(=O)CC(C)C. The third-order valence-electron chi connectivity index (χ3n) is 7.26. The van der Waals surface area contributed by atoms with Crippen molar-refractivity contribution in [2.75, 3.05) is 15.4 Å². The van der Waals surface area contributed by atoms with E-state index in [1.165, 1.54) is 0 Å². The number of aromatic nitrogens is 2. The molecule has 1 saturated carbocycles. The Hall–Kier alpha value is -3.64. The van der Waals surface area contributed by atoms with E-state index in [1.54, 1.807) is 18.5 Å². The first-order valence-corrected chi connectivity index (χ1v) is 14.8. The number of nitrogens with zero attached hydrogens (tertiary/aromatic N) is 4. The van der Waals surface area contributed by atoms with Crippen LogP contribution in [0.15, 0.2) is 54.9 Å². The Balaban J connectivity index is 1.51. The number of fused-ring (bicyclic) bond motifs is 1. The van der Waals surface area contributed by atoms with Crippen LogP contribution >= 0.6 is 0 Å². The molecule has 5 rings (SSSR count). The summed E-state index contributed by atoms with van der Waals surface area (Å²) < 4.78 is 34.0. The van der Waals surface area contributed by atoms with Crippen LogP contribution in [0.1, 0.15) is 68.7 Å². The van der Waals surface area contributed by atoms with Crippen molar-refractivity contribution < 1.29 is 13.2 Å². The molecule has 9 heteroatoms. The Kier molecular flexibility index (Phi) is 7.26. The molecule has 38 heavy (non-hydrogen) atoms. The fourth-order valence-corrected chi connectivity index (χ4v) is 6.91. The van der Waals surface area contributed by atoms with Crippen LogP contribution in [0.5, 0.6) is 11.8 Å². The predicted molar refractivity (Wildman–Crippen MR) is 148 cm³/mol. The van der Waals surface area contributed by atoms with Crippen molar-refractivity contribution in [3.63, 3.8) is 0 Å². The molecule has 1 aliphatic carbocycles. The van der Waals surface area contributed by atoms with Crippen molar-refractivity contribution in [3.05, 3.63) is 71.5 Å². The molecule has 2 unspecified atom stereocenters. The van der Waals surface area contributed by atoms with Crippen LogP contribution in [0.2, 0.25) is 0 Å². The number of nitriles is 1. The highest BCUT2D eigenvalue weighted by Gasteiger charge is 2.44. The molecule has 1 fully saturated rings. The summed E-state index contributed by atoms with van der Waals surface area (Å²) in [4.78, 5) is 10.7. The molecule has 8 nitrogen and oxygen atoms in total. The average Bonchev–Trinajstić information content (AvgIpc) is 3.16. The highest BCUT2D eigenvalue weighted by atomic mass is 32.2. The van der Waals surface area contributed by atoms with Gasteiger partial charge in [-0.2, -0.15) is 5.26 Å². The Morgan fingerprint density at radius 2 is 1.92 bits per heavy atom. The fourth-order valence-electron chi connectivity index (χ4n) is 5.42. The highest BCUT2D eigenvalue weighted by Crippen LogP contribution is 2.53. The Bertz CT molecular complexity index is 1450. The van der Waals surface area contributed by atoms with Gasteiger partial charge in [0.05, 0.1) is 29.5 Å². The van der Waals surface area contributed by atoms with E-state index in [-0.39, 0.29) is 29.6 Å². The van der Waals surface area contributed by atoms with E-state index in [2.05, 4.69) is 31.7 Å². The van der Waals surface area contributed by atoms with Crippen LogP contribution in [0.25, 0.3) is 0 Å². The third kappa shape index (κ3) is 5.18. The van der Waals surface area contributed by atoms with Gasteiger partial charge in [0.25, 0.3) is 0 Å². The van der Waals surface area contributed by atoms with Gasteiger partial charge in [-0.15, -0.1) is 0 Å². The van der Waals surface area contributed by atoms with Gasteiger partial charge >= 0.3 is 6.01 Å². The molecule has 0 bridgehead atoms. The monoisotopic (exact) mass is 531 g/mol. The molecule has 0 amide bonds. The van der Waals surface area contributed by atoms with Gasteiger partial charge in [-0.1, -0.05) is 39.0 Å². The van der Waals surface area contributed by atoms with E-state index < -0.39 is 10.0 Å². The average molecular weight is 532 g/mol. The summed E-state index contributed by atoms with van der Waals surface area (Å²) >= 11 is 0. The molecule has 2 aromatic carbocycles. The van der Waals surface area contributed by atoms with Crippen molar-refractivity contribution >= 4 is 21.4 Å². The molecular weight excluding hydrogens is 498 g/mol. The van der Waals surface area contributed by atoms with Crippen LogP contribution in [-0.2, 0) is 16.4 Å². The van der Waals surface area contributed by atoms with Gasteiger partial charge in [-0.25, -0.2) is 18.4 Å². The van der Waals surface area contributed by atoms with Gasteiger partial charge in [0.1, 0.15) is 5.75 Å². The number of nitrogens with one attached hydrogen (secondary N) is 1. The zero-order chi connectivity index (χ0) is 26.9. The third-order valence-corrected chi connectivity index (χ3v) is 8.90. The van der Waals surface area contributed by atoms with Gasteiger partial charge in [0, 0.05) is 30.2 Å². The molecule has 0 radical (unpaired) electrons. The normalized spacial score (nSPS) is 19.1. The molecule has 3 aromatic rings. The fraction of sp³-hybridized carbons (Fsp3) is 0.414. The lowest BCUT2D eigenvalue weighted by atomic mass is 9.86. The number of hydrogen-bond acceptors (Lipinski definition) is 7. The minimum absolute atomic E-state index is 0.0311. The predicted octanol–water partition coefficient (Wildman–Crippen LogP) is 5.95. The number of rotatable bonds is 9. The van der Waals surface area contributed by atoms with Gasteiger partial charge in [-0.3, -0.25) is 4.72 Å². The minimum Gasteiger partial charge on any atom is -0.424 e. The number of hydrogen-bond donors (Lipinski definition) is 1. The first-order valence-electron chi connectivity index (χ1n) is 13.2. The maximum Gasteiger partial charge on any atom is 0.321 e. The largest absolute Gasteiger partial charge is 0.424 e. The lowest BCUT2D eigenvalue weighted by Crippen LogP contribution is -2.41. The summed E-state index contributed by atoms with van der Waals surface area (Å²) in [6, 6.07) is 16.4. The molecule has 198 valence electrons. The van der Waals surface area contributed by atoms with Gasteiger partial charge in [-0.05, 0) is 66.5 Å². The molecule has 2 heterocycles. The number of sulfonamides is 1. The first kappa shape index (κ1) is 26.0. The number of ether oxygens (including phenoxy) is 1. The zero-order valence-corrected chi connectivity index (χ0v) is 22.8. The lowest BCUT2D eigenvalue weighted by molar-refractivity contribution is 0.362. The Labute approximate surface area is 224 Å². The summed E-state index contributed by atoms with van der Waals surface area (Å²) in [5.74, 6) is 0.366. The van der Waals surface area contributed by atoms with E-state index in [4.69, 9.17) is 4.74 Å². The van der Waals surface area contributed by atoms with E-state index >= 15 is 0 Å². The quantitative estimate of drug-likeness (QED) is 0.363. The maximum absolute atomic E-state index is 12.6. The van der Waals surface area contributed by atoms with Crippen LogP contribution < -0.4 is 14.4 Å². The van der Waals surface area contributed by atoms with Gasteiger partial charge < -0.3 is 9.64 Å². The Morgan fingerprint density at radius 1 is 1.16 bits per heavy atom. The minimum atomic E-state index is -3.44. The van der Waals surface area contributed by atoms with Crippen molar-refractivity contribution in [3.8, 4) is 17.8 Å². The molecule has 1 aromatic heterocycles. The van der Waals surface area contributed by atoms with E-state index in [1.807, 2.05) is 51.1 Å². The molecule has 2 aliphatic rings. The molecular formula is C29H33N5O3S. The number of anilines is 2. The highest BCUT2D eigenvalue weighted by molar-refractivity contribution is 7.92. The summed E-state index contributed by atoms with van der Waals surface area (Å²) in [6.07, 6.45) is 7.23. The second-order valence-electron chi connectivity index (χ2n) is 10.4. The first-order chi connectivity index (χ1) is 18.3. The summed E-state index contributed by atoms with van der Waals surface area (Å²) in [6.45, 7) is 5.80. The zero-order valence-electron chi connectivity index (χ0n) is 22.0. The van der Waals surface area contributed by atoms with Crippen LogP contribution in [-0.4, -0.2) is 30.2 Å². The maximum atomic E-state index is 12.6. The smallest absolute Gasteiger partial charge is 0.321 e. The van der Waals surface area contributed by atoms with Crippen molar-refractivity contribution in [1.82, 2.24) is 9.97 Å². The Morgan fingerprint density at radius 3 is 2.55 bits per heavy atom. The van der Waals surface area contributed by atoms with Crippen molar-refractivity contribution in [2.24, 2.45) is 5.92 Å². The summed E-state index contributed by atoms with van der Waals surface area (Å²) in [5.41, 5.74) is 4.51. The van der Waals surface area contributed by atoms with Crippen LogP contribution in [0.3, 0.4) is 0 Å². The topological polar surface area (TPSA) is 108 Å². The molecule has 0 saturated heterocycles. The standard InChI is InChI=1S/C29H33N5O3S/c1-4-20-15-21(9-12-26(20)33-38(35,36)18-19(2)3)28-25(17-30)24-11-10-23(37-29-31-13-6-14-32-29)16-27(24)34(28)22-7-5-8-22/h6,9-16,19,22,25,28,33H,4-5,7-8,18H2,1-3H3. The van der Waals surface area contributed by atoms with Gasteiger partial charge in [0.2, 0.25) is 10.0 Å². The number of benzene rings is 2. The van der Waals surface area contributed by atoms with E-state index in [0.717, 1.165) is 41.6 Å². The second-order valence-corrected chi connectivity index (χ2v) is 12.2. The van der Waals surface area contributed by atoms with E-state index in [9.17, 15) is 13.7 Å². The van der Waals surface area contributed by atoms with Crippen molar-refractivity contribution in [1.29, 1.82) is 5.26 Å². The summed E-state index contributed by atoms with van der Waals surface area (Å²) in [7, 11) is -3.44. The second kappa shape index (κ2) is 10.6. The van der Waals surface area contributed by atoms with E-state index in [0.29, 0.717) is 23.9 Å². The number of aryl methyl sites for hydroxylation is 1. The molecule has 1 N–H and O–H groups in total.